The second-order valence-electron chi connectivity index (χ2n) is 5.55. The maximum absolute atomic E-state index is 13.0. The van der Waals surface area contributed by atoms with E-state index in [0.717, 1.165) is 6.42 Å². The molecule has 1 aromatic rings. The zero-order valence-corrected chi connectivity index (χ0v) is 13.8. The largest absolute Gasteiger partial charge is 0.376 e. The van der Waals surface area contributed by atoms with Crippen LogP contribution in [-0.2, 0) is 4.74 Å². The van der Waals surface area contributed by atoms with Gasteiger partial charge in [-0.15, -0.1) is 0 Å². The number of benzene rings is 1. The molecule has 1 N–H and O–H groups in total. The number of hydrogen-bond acceptors (Lipinski definition) is 2. The van der Waals surface area contributed by atoms with Crippen LogP contribution in [0.15, 0.2) is 22.7 Å². The maximum Gasteiger partial charge on any atom is 0.252 e. The molecule has 0 unspecified atom stereocenters. The minimum Gasteiger partial charge on any atom is -0.376 e. The predicted octanol–water partition coefficient (Wildman–Crippen LogP) is 3.91. The van der Waals surface area contributed by atoms with E-state index in [4.69, 9.17) is 4.74 Å². The van der Waals surface area contributed by atoms with E-state index < -0.39 is 0 Å². The van der Waals surface area contributed by atoms with Crippen molar-refractivity contribution < 1.29 is 13.9 Å². The Kier molecular flexibility index (Phi) is 6.18. The van der Waals surface area contributed by atoms with Gasteiger partial charge in [0.2, 0.25) is 0 Å². The third kappa shape index (κ3) is 4.78. The fraction of sp³-hybridized carbons (Fsp3) is 0.562. The molecule has 0 bridgehead atoms. The first kappa shape index (κ1) is 16.4. The lowest BCUT2D eigenvalue weighted by atomic mass is 9.88. The highest BCUT2D eigenvalue weighted by Gasteiger charge is 2.21. The summed E-state index contributed by atoms with van der Waals surface area (Å²) in [6, 6.07) is 4.04. The molecule has 0 spiro atoms. The average Bonchev–Trinajstić information content (AvgIpc) is 2.45. The molecule has 2 rings (SSSR count). The van der Waals surface area contributed by atoms with Crippen molar-refractivity contribution in [3.05, 3.63) is 34.1 Å². The lowest BCUT2D eigenvalue weighted by molar-refractivity contribution is -0.00294. The number of carbonyl (C=O) groups is 1. The van der Waals surface area contributed by atoms with Crippen LogP contribution in [0.2, 0.25) is 0 Å². The summed E-state index contributed by atoms with van der Waals surface area (Å²) in [5.41, 5.74) is 0.433. The van der Waals surface area contributed by atoms with Crippen molar-refractivity contribution in [3.63, 3.8) is 0 Å². The lowest BCUT2D eigenvalue weighted by Crippen LogP contribution is -2.32. The number of rotatable bonds is 5. The Hall–Kier alpha value is -0.940. The van der Waals surface area contributed by atoms with E-state index >= 15 is 0 Å². The summed E-state index contributed by atoms with van der Waals surface area (Å²) < 4.78 is 19.3. The molecule has 0 aromatic heterocycles. The first-order valence-electron chi connectivity index (χ1n) is 7.43. The van der Waals surface area contributed by atoms with Crippen molar-refractivity contribution >= 4 is 21.8 Å². The molecule has 0 heterocycles. The SMILES string of the molecule is C[C@H]1CCCC[C@H]1OCCNC(=O)c1ccc(F)cc1Br. The Balaban J connectivity index is 1.74. The summed E-state index contributed by atoms with van der Waals surface area (Å²) in [7, 11) is 0. The van der Waals surface area contributed by atoms with Crippen molar-refractivity contribution in [3.8, 4) is 0 Å². The molecule has 116 valence electrons. The van der Waals surface area contributed by atoms with Crippen LogP contribution in [0.1, 0.15) is 43.0 Å². The van der Waals surface area contributed by atoms with Gasteiger partial charge in [-0.2, -0.15) is 0 Å². The molecule has 3 nitrogen and oxygen atoms in total. The standard InChI is InChI=1S/C16H21BrFNO2/c1-11-4-2-3-5-15(11)21-9-8-19-16(20)13-7-6-12(18)10-14(13)17/h6-7,10-11,15H,2-5,8-9H2,1H3,(H,19,20)/t11-,15+/m0/s1. The number of halogens is 2. The molecule has 1 aromatic carbocycles. The lowest BCUT2D eigenvalue weighted by Gasteiger charge is -2.28. The first-order valence-corrected chi connectivity index (χ1v) is 8.22. The number of ether oxygens (including phenoxy) is 1. The molecule has 1 aliphatic carbocycles. The fourth-order valence-corrected chi connectivity index (χ4v) is 3.20. The van der Waals surface area contributed by atoms with Gasteiger partial charge in [0.1, 0.15) is 5.82 Å². The molecule has 2 atom stereocenters. The molecule has 0 radical (unpaired) electrons. The van der Waals surface area contributed by atoms with Crippen molar-refractivity contribution in [2.24, 2.45) is 5.92 Å². The molecule has 21 heavy (non-hydrogen) atoms. The third-order valence-electron chi connectivity index (χ3n) is 3.93. The van der Waals surface area contributed by atoms with Crippen molar-refractivity contribution in [1.82, 2.24) is 5.32 Å². The van der Waals surface area contributed by atoms with E-state index in [2.05, 4.69) is 28.2 Å². The second kappa shape index (κ2) is 7.90. The zero-order valence-electron chi connectivity index (χ0n) is 12.2. The summed E-state index contributed by atoms with van der Waals surface area (Å²) in [5, 5.41) is 2.80. The molecule has 0 aliphatic heterocycles. The van der Waals surface area contributed by atoms with Gasteiger partial charge in [-0.3, -0.25) is 4.79 Å². The monoisotopic (exact) mass is 357 g/mol. The molecule has 1 amide bonds. The summed E-state index contributed by atoms with van der Waals surface area (Å²) in [6.45, 7) is 3.20. The Labute approximate surface area is 133 Å². The number of amides is 1. The topological polar surface area (TPSA) is 38.3 Å². The molecular weight excluding hydrogens is 337 g/mol. The van der Waals surface area contributed by atoms with E-state index in [1.165, 1.54) is 37.5 Å². The van der Waals surface area contributed by atoms with E-state index in [1.54, 1.807) is 0 Å². The average molecular weight is 358 g/mol. The number of carbonyl (C=O) groups excluding carboxylic acids is 1. The molecule has 1 fully saturated rings. The highest BCUT2D eigenvalue weighted by atomic mass is 79.9. The van der Waals surface area contributed by atoms with Crippen molar-refractivity contribution in [2.45, 2.75) is 38.7 Å². The van der Waals surface area contributed by atoms with Gasteiger partial charge in [0.05, 0.1) is 18.3 Å². The number of nitrogens with one attached hydrogen (secondary N) is 1. The smallest absolute Gasteiger partial charge is 0.252 e. The fourth-order valence-electron chi connectivity index (χ4n) is 2.67. The Morgan fingerprint density at radius 3 is 2.90 bits per heavy atom. The van der Waals surface area contributed by atoms with Gasteiger partial charge in [-0.05, 0) is 52.9 Å². The normalized spacial score (nSPS) is 22.0. The van der Waals surface area contributed by atoms with Gasteiger partial charge in [0.15, 0.2) is 0 Å². The van der Waals surface area contributed by atoms with Gasteiger partial charge in [-0.1, -0.05) is 19.8 Å². The van der Waals surface area contributed by atoms with Gasteiger partial charge < -0.3 is 10.1 Å². The van der Waals surface area contributed by atoms with Gasteiger partial charge in [-0.25, -0.2) is 4.39 Å². The van der Waals surface area contributed by atoms with Gasteiger partial charge in [0, 0.05) is 11.0 Å². The quantitative estimate of drug-likeness (QED) is 0.811. The maximum atomic E-state index is 13.0. The molecular formula is C16H21BrFNO2. The molecule has 1 aliphatic rings. The zero-order chi connectivity index (χ0) is 15.2. The molecule has 5 heteroatoms. The van der Waals surface area contributed by atoms with Crippen LogP contribution in [0.5, 0.6) is 0 Å². The summed E-state index contributed by atoms with van der Waals surface area (Å²) in [4.78, 5) is 12.0. The highest BCUT2D eigenvalue weighted by Crippen LogP contribution is 2.26. The highest BCUT2D eigenvalue weighted by molar-refractivity contribution is 9.10. The summed E-state index contributed by atoms with van der Waals surface area (Å²) in [6.07, 6.45) is 5.16. The molecule has 0 saturated heterocycles. The van der Waals surface area contributed by atoms with E-state index in [-0.39, 0.29) is 11.7 Å². The van der Waals surface area contributed by atoms with Crippen LogP contribution in [0.25, 0.3) is 0 Å². The summed E-state index contributed by atoms with van der Waals surface area (Å²) >= 11 is 3.20. The number of hydrogen-bond donors (Lipinski definition) is 1. The van der Waals surface area contributed by atoms with E-state index in [9.17, 15) is 9.18 Å². The van der Waals surface area contributed by atoms with Crippen molar-refractivity contribution in [1.29, 1.82) is 0 Å². The van der Waals surface area contributed by atoms with Crippen molar-refractivity contribution in [2.75, 3.05) is 13.2 Å². The predicted molar refractivity (Wildman–Crippen MR) is 83.8 cm³/mol. The Bertz CT molecular complexity index is 495. The van der Waals surface area contributed by atoms with Crippen LogP contribution >= 0.6 is 15.9 Å². The minimum atomic E-state index is -0.368. The van der Waals surface area contributed by atoms with Crippen LogP contribution in [0, 0.1) is 11.7 Å². The Morgan fingerprint density at radius 2 is 2.19 bits per heavy atom. The molecule has 1 saturated carbocycles. The summed E-state index contributed by atoms with van der Waals surface area (Å²) in [5.74, 6) is 0.0101. The van der Waals surface area contributed by atoms with E-state index in [0.29, 0.717) is 35.2 Å². The van der Waals surface area contributed by atoms with Crippen LogP contribution in [0.4, 0.5) is 4.39 Å². The van der Waals surface area contributed by atoms with E-state index in [1.807, 2.05) is 0 Å². The van der Waals surface area contributed by atoms with Crippen LogP contribution < -0.4 is 5.32 Å². The minimum absolute atomic E-state index is 0.220. The van der Waals surface area contributed by atoms with Gasteiger partial charge >= 0.3 is 0 Å². The first-order chi connectivity index (χ1) is 10.1. The second-order valence-corrected chi connectivity index (χ2v) is 6.41. The third-order valence-corrected chi connectivity index (χ3v) is 4.58. The Morgan fingerprint density at radius 1 is 1.43 bits per heavy atom. The van der Waals surface area contributed by atoms with Crippen LogP contribution in [-0.4, -0.2) is 25.2 Å². The van der Waals surface area contributed by atoms with Crippen LogP contribution in [0.3, 0.4) is 0 Å². The van der Waals surface area contributed by atoms with Gasteiger partial charge in [0.25, 0.3) is 5.91 Å².